The highest BCUT2D eigenvalue weighted by Gasteiger charge is 2.36. The molecule has 4 rings (SSSR count). The monoisotopic (exact) mass is 496 g/mol. The van der Waals surface area contributed by atoms with Crippen LogP contribution in [0, 0.1) is 5.92 Å². The summed E-state index contributed by atoms with van der Waals surface area (Å²) in [6.45, 7) is 4.52. The molecule has 0 aromatic heterocycles. The van der Waals surface area contributed by atoms with Crippen LogP contribution >= 0.6 is 11.8 Å². The molecule has 35 heavy (non-hydrogen) atoms. The Hall–Kier alpha value is -3.00. The summed E-state index contributed by atoms with van der Waals surface area (Å²) >= 11 is 1.65. The molecular weight excluding hydrogens is 464 g/mol. The second kappa shape index (κ2) is 11.2. The average molecular weight is 497 g/mol. The number of alkyl carbamates (subject to hydrolysis) is 1. The van der Waals surface area contributed by atoms with Gasteiger partial charge in [0.05, 0.1) is 12.5 Å². The number of carbonyl (C=O) groups excluding carboxylic acids is 2. The van der Waals surface area contributed by atoms with E-state index < -0.39 is 18.1 Å². The van der Waals surface area contributed by atoms with Gasteiger partial charge in [-0.05, 0) is 28.2 Å². The Morgan fingerprint density at radius 3 is 2.34 bits per heavy atom. The molecule has 2 aromatic rings. The van der Waals surface area contributed by atoms with Gasteiger partial charge in [-0.2, -0.15) is 11.8 Å². The van der Waals surface area contributed by atoms with Crippen LogP contribution < -0.4 is 5.32 Å². The molecule has 0 bridgehead atoms. The highest BCUT2D eigenvalue weighted by molar-refractivity contribution is 7.99. The number of hydrogen-bond donors (Lipinski definition) is 2. The number of nitrogens with one attached hydrogen (secondary N) is 1. The number of ether oxygens (including phenoxy) is 1. The Balaban J connectivity index is 1.45. The number of benzene rings is 2. The predicted molar refractivity (Wildman–Crippen MR) is 137 cm³/mol. The lowest BCUT2D eigenvalue weighted by Crippen LogP contribution is -2.57. The van der Waals surface area contributed by atoms with E-state index in [1.165, 1.54) is 0 Å². The minimum absolute atomic E-state index is 0.0648. The molecule has 2 amide bonds. The summed E-state index contributed by atoms with van der Waals surface area (Å²) in [4.78, 5) is 39.3. The highest BCUT2D eigenvalue weighted by atomic mass is 32.2. The van der Waals surface area contributed by atoms with Gasteiger partial charge in [-0.3, -0.25) is 9.59 Å². The summed E-state index contributed by atoms with van der Waals surface area (Å²) in [5.41, 5.74) is 4.55. The maximum atomic E-state index is 13.5. The fraction of sp³-hybridized carbons (Fsp3) is 0.444. The van der Waals surface area contributed by atoms with Gasteiger partial charge in [-0.25, -0.2) is 4.79 Å². The largest absolute Gasteiger partial charge is 0.481 e. The number of carboxylic acid groups (broad SMARTS) is 1. The molecule has 1 aliphatic carbocycles. The van der Waals surface area contributed by atoms with Crippen molar-refractivity contribution in [3.8, 4) is 11.1 Å². The number of hydrogen-bond acceptors (Lipinski definition) is 5. The number of fused-ring (bicyclic) bond motifs is 3. The fourth-order valence-corrected chi connectivity index (χ4v) is 6.01. The van der Waals surface area contributed by atoms with Crippen LogP contribution in [-0.4, -0.2) is 64.7 Å². The SMILES string of the molecule is CC[C@H](C)[C@H](NC(=O)OCC1c2ccccc2-c2ccccc21)C(=O)N1CCSCC1CC(=O)O. The molecule has 1 unspecified atom stereocenters. The zero-order chi connectivity index (χ0) is 24.9. The lowest BCUT2D eigenvalue weighted by Gasteiger charge is -2.38. The molecule has 2 N–H and O–H groups in total. The van der Waals surface area contributed by atoms with Crippen LogP contribution in [0.5, 0.6) is 0 Å². The lowest BCUT2D eigenvalue weighted by atomic mass is 9.97. The average Bonchev–Trinajstić information content (AvgIpc) is 3.19. The lowest BCUT2D eigenvalue weighted by molar-refractivity contribution is -0.141. The number of carbonyl (C=O) groups is 3. The maximum absolute atomic E-state index is 13.5. The standard InChI is InChI=1S/C27H32N2O5S/c1-3-17(2)25(26(32)29-12-13-35-16-18(29)14-24(30)31)28-27(33)34-15-23-21-10-6-4-8-19(21)20-9-5-7-11-22(20)23/h4-11,17-18,23,25H,3,12-16H2,1-2H3,(H,28,33)(H,30,31)/t17-,18?,25-/m0/s1. The quantitative estimate of drug-likeness (QED) is 0.564. The topological polar surface area (TPSA) is 95.9 Å². The number of thioether (sulfide) groups is 1. The minimum Gasteiger partial charge on any atom is -0.481 e. The van der Waals surface area contributed by atoms with Crippen molar-refractivity contribution in [3.63, 3.8) is 0 Å². The minimum atomic E-state index is -0.931. The third kappa shape index (κ3) is 5.48. The van der Waals surface area contributed by atoms with Gasteiger partial charge in [-0.15, -0.1) is 0 Å². The molecule has 8 heteroatoms. The zero-order valence-corrected chi connectivity index (χ0v) is 20.9. The van der Waals surface area contributed by atoms with Crippen LogP contribution in [0.3, 0.4) is 0 Å². The smallest absolute Gasteiger partial charge is 0.407 e. The first kappa shape index (κ1) is 25.1. The van der Waals surface area contributed by atoms with Gasteiger partial charge < -0.3 is 20.1 Å². The molecule has 1 heterocycles. The number of nitrogens with zero attached hydrogens (tertiary/aromatic N) is 1. The first-order chi connectivity index (χ1) is 16.9. The summed E-state index contributed by atoms with van der Waals surface area (Å²) in [6, 6.07) is 15.1. The van der Waals surface area contributed by atoms with Gasteiger partial charge in [0.1, 0.15) is 12.6 Å². The number of aliphatic carboxylic acids is 1. The third-order valence-corrected chi connectivity index (χ3v) is 8.11. The molecule has 0 saturated carbocycles. The molecule has 1 aliphatic heterocycles. The van der Waals surface area contributed by atoms with Crippen molar-refractivity contribution in [2.75, 3.05) is 24.7 Å². The van der Waals surface area contributed by atoms with E-state index in [1.54, 1.807) is 16.7 Å². The van der Waals surface area contributed by atoms with Crippen molar-refractivity contribution in [3.05, 3.63) is 59.7 Å². The predicted octanol–water partition coefficient (Wildman–Crippen LogP) is 4.36. The van der Waals surface area contributed by atoms with Gasteiger partial charge in [0.15, 0.2) is 0 Å². The second-order valence-corrected chi connectivity index (χ2v) is 10.3. The molecule has 2 aliphatic rings. The van der Waals surface area contributed by atoms with E-state index in [9.17, 15) is 19.5 Å². The van der Waals surface area contributed by atoms with E-state index >= 15 is 0 Å². The summed E-state index contributed by atoms with van der Waals surface area (Å²) in [5.74, 6) is -0.0247. The van der Waals surface area contributed by atoms with Crippen molar-refractivity contribution in [2.24, 2.45) is 5.92 Å². The van der Waals surface area contributed by atoms with E-state index in [4.69, 9.17) is 4.74 Å². The summed E-state index contributed by atoms with van der Waals surface area (Å²) in [6.07, 6.45) is -0.0462. The highest BCUT2D eigenvalue weighted by Crippen LogP contribution is 2.44. The summed E-state index contributed by atoms with van der Waals surface area (Å²) in [5, 5.41) is 12.1. The van der Waals surface area contributed by atoms with Crippen LogP contribution in [0.25, 0.3) is 11.1 Å². The first-order valence-electron chi connectivity index (χ1n) is 12.1. The Morgan fingerprint density at radius 2 is 1.74 bits per heavy atom. The van der Waals surface area contributed by atoms with E-state index in [0.717, 1.165) is 28.0 Å². The maximum Gasteiger partial charge on any atom is 0.407 e. The first-order valence-corrected chi connectivity index (χ1v) is 13.3. The van der Waals surface area contributed by atoms with E-state index in [1.807, 2.05) is 38.1 Å². The molecular formula is C27H32N2O5S. The summed E-state index contributed by atoms with van der Waals surface area (Å²) in [7, 11) is 0. The van der Waals surface area contributed by atoms with Gasteiger partial charge in [0.25, 0.3) is 0 Å². The molecule has 1 fully saturated rings. The number of carboxylic acids is 1. The Morgan fingerprint density at radius 1 is 1.11 bits per heavy atom. The van der Waals surface area contributed by atoms with Crippen molar-refractivity contribution in [2.45, 2.75) is 44.7 Å². The molecule has 3 atom stereocenters. The van der Waals surface area contributed by atoms with Gasteiger partial charge in [0.2, 0.25) is 5.91 Å². The molecule has 0 spiro atoms. The second-order valence-electron chi connectivity index (χ2n) is 9.19. The van der Waals surface area contributed by atoms with Crippen LogP contribution in [0.15, 0.2) is 48.5 Å². The molecule has 7 nitrogen and oxygen atoms in total. The van der Waals surface area contributed by atoms with Crippen LogP contribution in [0.1, 0.15) is 43.7 Å². The zero-order valence-electron chi connectivity index (χ0n) is 20.1. The normalized spacial score (nSPS) is 18.8. The molecule has 1 saturated heterocycles. The van der Waals surface area contributed by atoms with Crippen LogP contribution in [0.2, 0.25) is 0 Å². The van der Waals surface area contributed by atoms with E-state index in [0.29, 0.717) is 18.7 Å². The fourth-order valence-electron chi connectivity index (χ4n) is 4.94. The van der Waals surface area contributed by atoms with Crippen LogP contribution in [0.4, 0.5) is 4.79 Å². The van der Waals surface area contributed by atoms with Gasteiger partial charge in [-0.1, -0.05) is 68.8 Å². The van der Waals surface area contributed by atoms with Crippen LogP contribution in [-0.2, 0) is 14.3 Å². The Bertz CT molecular complexity index is 1050. The molecule has 186 valence electrons. The van der Waals surface area contributed by atoms with Crippen molar-refractivity contribution < 1.29 is 24.2 Å². The molecule has 2 aromatic carbocycles. The Labute approximate surface area is 210 Å². The van der Waals surface area contributed by atoms with E-state index in [-0.39, 0.29) is 36.8 Å². The van der Waals surface area contributed by atoms with Crippen molar-refractivity contribution in [1.82, 2.24) is 10.2 Å². The summed E-state index contributed by atoms with van der Waals surface area (Å²) < 4.78 is 5.67. The Kier molecular flexibility index (Phi) is 8.00. The van der Waals surface area contributed by atoms with Crippen molar-refractivity contribution >= 4 is 29.7 Å². The molecule has 0 radical (unpaired) electrons. The van der Waals surface area contributed by atoms with E-state index in [2.05, 4.69) is 29.6 Å². The van der Waals surface area contributed by atoms with Crippen molar-refractivity contribution in [1.29, 1.82) is 0 Å². The third-order valence-electron chi connectivity index (χ3n) is 7.02. The number of amides is 2. The number of rotatable bonds is 8. The van der Waals surface area contributed by atoms with Gasteiger partial charge in [0, 0.05) is 24.0 Å². The van der Waals surface area contributed by atoms with Gasteiger partial charge >= 0.3 is 12.1 Å².